The summed E-state index contributed by atoms with van der Waals surface area (Å²) in [6.07, 6.45) is 1.26. The molecule has 5 nitrogen and oxygen atoms in total. The lowest BCUT2D eigenvalue weighted by molar-refractivity contribution is 0.116. The van der Waals surface area contributed by atoms with Crippen LogP contribution in [0.25, 0.3) is 22.1 Å². The van der Waals surface area contributed by atoms with Crippen molar-refractivity contribution in [1.29, 1.82) is 0 Å². The third-order valence-corrected chi connectivity index (χ3v) is 7.53. The first-order valence-electron chi connectivity index (χ1n) is 11.4. The molecule has 7 heteroatoms. The zero-order valence-corrected chi connectivity index (χ0v) is 19.9. The summed E-state index contributed by atoms with van der Waals surface area (Å²) in [5.74, 6) is 0.659. The molecule has 0 radical (unpaired) electrons. The lowest BCUT2D eigenvalue weighted by Crippen LogP contribution is -2.45. The van der Waals surface area contributed by atoms with Gasteiger partial charge in [-0.3, -0.25) is 9.80 Å². The number of hydrogen-bond acceptors (Lipinski definition) is 5. The second kappa shape index (κ2) is 9.33. The number of piperazine rings is 1. The van der Waals surface area contributed by atoms with E-state index < -0.39 is 9.84 Å². The molecule has 1 fully saturated rings. The first kappa shape index (κ1) is 22.8. The third-order valence-electron chi connectivity index (χ3n) is 6.34. The Kier molecular flexibility index (Phi) is 6.25. The van der Waals surface area contributed by atoms with Gasteiger partial charge in [0.25, 0.3) is 0 Å². The summed E-state index contributed by atoms with van der Waals surface area (Å²) in [6.45, 7) is 4.84. The largest absolute Gasteiger partial charge is 0.460 e. The number of halogens is 1. The second-order valence-corrected chi connectivity index (χ2v) is 10.9. The Morgan fingerprint density at radius 3 is 2.26 bits per heavy atom. The molecular formula is C27H27FN2O3S. The fraction of sp³-hybridized carbons (Fsp3) is 0.259. The summed E-state index contributed by atoms with van der Waals surface area (Å²) in [6, 6.07) is 21.8. The van der Waals surface area contributed by atoms with Gasteiger partial charge in [0.2, 0.25) is 0 Å². The van der Waals surface area contributed by atoms with E-state index in [4.69, 9.17) is 4.42 Å². The van der Waals surface area contributed by atoms with E-state index in [0.29, 0.717) is 11.4 Å². The minimum atomic E-state index is -3.24. The van der Waals surface area contributed by atoms with Crippen molar-refractivity contribution in [2.75, 3.05) is 32.4 Å². The minimum Gasteiger partial charge on any atom is -0.460 e. The zero-order chi connectivity index (χ0) is 23.7. The van der Waals surface area contributed by atoms with Crippen molar-refractivity contribution in [1.82, 2.24) is 9.80 Å². The van der Waals surface area contributed by atoms with Crippen LogP contribution < -0.4 is 0 Å². The van der Waals surface area contributed by atoms with Gasteiger partial charge in [-0.25, -0.2) is 12.8 Å². The predicted octanol–water partition coefficient (Wildman–Crippen LogP) is 4.96. The highest BCUT2D eigenvalue weighted by Crippen LogP contribution is 2.28. The van der Waals surface area contributed by atoms with E-state index in [-0.39, 0.29) is 5.82 Å². The molecule has 0 N–H and O–H groups in total. The van der Waals surface area contributed by atoms with E-state index in [0.717, 1.165) is 66.1 Å². The van der Waals surface area contributed by atoms with E-state index in [9.17, 15) is 12.8 Å². The van der Waals surface area contributed by atoms with Crippen LogP contribution >= 0.6 is 0 Å². The molecule has 0 amide bonds. The SMILES string of the molecule is CS(=O)(=O)c1ccccc1CN1CCN(Cc2cc3cc(-c4cccc(F)c4)ccc3o2)CC1. The van der Waals surface area contributed by atoms with Crippen molar-refractivity contribution in [3.63, 3.8) is 0 Å². The van der Waals surface area contributed by atoms with Gasteiger partial charge < -0.3 is 4.42 Å². The van der Waals surface area contributed by atoms with Crippen molar-refractivity contribution >= 4 is 20.8 Å². The van der Waals surface area contributed by atoms with Crippen LogP contribution in [0.3, 0.4) is 0 Å². The summed E-state index contributed by atoms with van der Waals surface area (Å²) in [7, 11) is -3.24. The normalized spacial score (nSPS) is 15.7. The van der Waals surface area contributed by atoms with Crippen LogP contribution in [-0.4, -0.2) is 50.7 Å². The Labute approximate surface area is 199 Å². The highest BCUT2D eigenvalue weighted by molar-refractivity contribution is 7.90. The van der Waals surface area contributed by atoms with Crippen LogP contribution in [0.5, 0.6) is 0 Å². The second-order valence-electron chi connectivity index (χ2n) is 8.91. The molecule has 0 saturated carbocycles. The summed E-state index contributed by atoms with van der Waals surface area (Å²) >= 11 is 0. The van der Waals surface area contributed by atoms with E-state index in [1.165, 1.54) is 18.4 Å². The number of rotatable bonds is 6. The fourth-order valence-electron chi connectivity index (χ4n) is 4.59. The van der Waals surface area contributed by atoms with Gasteiger partial charge in [-0.15, -0.1) is 0 Å². The molecule has 5 rings (SSSR count). The van der Waals surface area contributed by atoms with Gasteiger partial charge in [-0.05, 0) is 53.1 Å². The van der Waals surface area contributed by atoms with Crippen LogP contribution in [0.1, 0.15) is 11.3 Å². The highest BCUT2D eigenvalue weighted by atomic mass is 32.2. The van der Waals surface area contributed by atoms with Crippen molar-refractivity contribution in [2.24, 2.45) is 0 Å². The molecule has 0 aliphatic carbocycles. The maximum atomic E-state index is 13.6. The Morgan fingerprint density at radius 2 is 1.53 bits per heavy atom. The molecule has 176 valence electrons. The number of furan rings is 1. The molecule has 1 aliphatic rings. The molecule has 1 aliphatic heterocycles. The van der Waals surface area contributed by atoms with Crippen molar-refractivity contribution < 1.29 is 17.2 Å². The lowest BCUT2D eigenvalue weighted by atomic mass is 10.0. The first-order chi connectivity index (χ1) is 16.3. The first-order valence-corrected chi connectivity index (χ1v) is 13.3. The van der Waals surface area contributed by atoms with E-state index >= 15 is 0 Å². The number of fused-ring (bicyclic) bond motifs is 1. The molecule has 3 aromatic carbocycles. The quantitative estimate of drug-likeness (QED) is 0.392. The van der Waals surface area contributed by atoms with Crippen LogP contribution in [-0.2, 0) is 22.9 Å². The van der Waals surface area contributed by atoms with Gasteiger partial charge in [0.05, 0.1) is 11.4 Å². The minimum absolute atomic E-state index is 0.246. The van der Waals surface area contributed by atoms with Gasteiger partial charge in [0, 0.05) is 44.4 Å². The number of hydrogen-bond donors (Lipinski definition) is 0. The molecule has 1 aromatic heterocycles. The summed E-state index contributed by atoms with van der Waals surface area (Å²) in [5, 5.41) is 1.01. The third kappa shape index (κ3) is 5.06. The average molecular weight is 479 g/mol. The zero-order valence-electron chi connectivity index (χ0n) is 19.1. The van der Waals surface area contributed by atoms with Crippen molar-refractivity contribution in [3.8, 4) is 11.1 Å². The number of sulfone groups is 1. The molecule has 0 spiro atoms. The van der Waals surface area contributed by atoms with Crippen LogP contribution in [0.2, 0.25) is 0 Å². The molecular weight excluding hydrogens is 451 g/mol. The maximum absolute atomic E-state index is 13.6. The van der Waals surface area contributed by atoms with Gasteiger partial charge in [0.1, 0.15) is 17.2 Å². The van der Waals surface area contributed by atoms with Crippen LogP contribution in [0.4, 0.5) is 4.39 Å². The molecule has 4 aromatic rings. The fourth-order valence-corrected chi connectivity index (χ4v) is 5.52. The van der Waals surface area contributed by atoms with Crippen molar-refractivity contribution in [2.45, 2.75) is 18.0 Å². The van der Waals surface area contributed by atoms with Gasteiger partial charge in [-0.2, -0.15) is 0 Å². The van der Waals surface area contributed by atoms with E-state index in [2.05, 4.69) is 15.9 Å². The van der Waals surface area contributed by atoms with Gasteiger partial charge >= 0.3 is 0 Å². The van der Waals surface area contributed by atoms with Crippen LogP contribution in [0.15, 0.2) is 82.1 Å². The van der Waals surface area contributed by atoms with E-state index in [1.54, 1.807) is 18.2 Å². The average Bonchev–Trinajstić information content (AvgIpc) is 3.21. The summed E-state index contributed by atoms with van der Waals surface area (Å²) in [5.41, 5.74) is 3.48. The molecule has 1 saturated heterocycles. The maximum Gasteiger partial charge on any atom is 0.175 e. The predicted molar refractivity (Wildman–Crippen MR) is 132 cm³/mol. The Balaban J connectivity index is 1.22. The molecule has 0 unspecified atom stereocenters. The monoisotopic (exact) mass is 478 g/mol. The molecule has 2 heterocycles. The Morgan fingerprint density at radius 1 is 0.824 bits per heavy atom. The number of nitrogens with zero attached hydrogens (tertiary/aromatic N) is 2. The topological polar surface area (TPSA) is 53.8 Å². The lowest BCUT2D eigenvalue weighted by Gasteiger charge is -2.34. The van der Waals surface area contributed by atoms with Crippen molar-refractivity contribution in [3.05, 3.63) is 89.9 Å². The summed E-state index contributed by atoms with van der Waals surface area (Å²) < 4.78 is 43.8. The Hall–Kier alpha value is -3.00. The molecule has 0 bridgehead atoms. The Bertz CT molecular complexity index is 1420. The van der Waals surface area contributed by atoms with E-state index in [1.807, 2.05) is 36.4 Å². The van der Waals surface area contributed by atoms with Gasteiger partial charge in [-0.1, -0.05) is 36.4 Å². The smallest absolute Gasteiger partial charge is 0.175 e. The molecule has 34 heavy (non-hydrogen) atoms. The standard InChI is InChI=1S/C27H27FN2O3S/c1-34(31,32)27-8-3-2-5-22(27)18-29-11-13-30(14-12-29)19-25-17-23-15-21(9-10-26(23)33-25)20-6-4-7-24(28)16-20/h2-10,15-17H,11-14,18-19H2,1H3. The van der Waals surface area contributed by atoms with Crippen LogP contribution in [0, 0.1) is 5.82 Å². The molecule has 0 atom stereocenters. The number of benzene rings is 3. The summed E-state index contributed by atoms with van der Waals surface area (Å²) in [4.78, 5) is 5.06. The van der Waals surface area contributed by atoms with Gasteiger partial charge in [0.15, 0.2) is 9.84 Å². The highest BCUT2D eigenvalue weighted by Gasteiger charge is 2.21.